The zero-order chi connectivity index (χ0) is 18.0. The van der Waals surface area contributed by atoms with Crippen LogP contribution in [0.15, 0.2) is 24.4 Å². The minimum atomic E-state index is -0.386. The highest BCUT2D eigenvalue weighted by atomic mass is 32.1. The molecule has 1 saturated carbocycles. The summed E-state index contributed by atoms with van der Waals surface area (Å²) >= 11 is 1.29. The molecule has 2 unspecified atom stereocenters. The Bertz CT molecular complexity index is 1100. The van der Waals surface area contributed by atoms with Crippen LogP contribution < -0.4 is 0 Å². The van der Waals surface area contributed by atoms with Crippen LogP contribution in [-0.4, -0.2) is 22.6 Å². The van der Waals surface area contributed by atoms with Crippen molar-refractivity contribution in [3.8, 4) is 16.6 Å². The van der Waals surface area contributed by atoms with E-state index < -0.39 is 0 Å². The molecule has 2 aliphatic rings. The van der Waals surface area contributed by atoms with Crippen LogP contribution in [0.1, 0.15) is 52.7 Å². The van der Waals surface area contributed by atoms with Crippen molar-refractivity contribution in [3.05, 3.63) is 40.5 Å². The molecular weight excluding hydrogens is 346 g/mol. The highest BCUT2D eigenvalue weighted by Gasteiger charge is 2.45. The van der Waals surface area contributed by atoms with Crippen molar-refractivity contribution < 1.29 is 9.53 Å². The number of hydrogen-bond donors (Lipinski definition) is 0. The van der Waals surface area contributed by atoms with Crippen LogP contribution in [0.5, 0.6) is 0 Å². The van der Waals surface area contributed by atoms with Crippen molar-refractivity contribution in [3.63, 3.8) is 0 Å². The molecule has 0 spiro atoms. The van der Waals surface area contributed by atoms with Gasteiger partial charge < -0.3 is 9.30 Å². The number of hydrogen-bond acceptors (Lipinski definition) is 5. The largest absolute Gasteiger partial charge is 0.465 e. The maximum atomic E-state index is 11.7. The summed E-state index contributed by atoms with van der Waals surface area (Å²) in [7, 11) is 1.36. The number of benzene rings is 1. The summed E-state index contributed by atoms with van der Waals surface area (Å²) in [5.74, 6) is 1.08. The van der Waals surface area contributed by atoms with Crippen LogP contribution in [0.4, 0.5) is 0 Å². The monoisotopic (exact) mass is 363 g/mol. The van der Waals surface area contributed by atoms with Gasteiger partial charge in [0.25, 0.3) is 0 Å². The number of carbonyl (C=O) groups excluding carboxylic acids is 1. The van der Waals surface area contributed by atoms with Crippen LogP contribution in [0.3, 0.4) is 0 Å². The maximum Gasteiger partial charge on any atom is 0.349 e. The van der Waals surface area contributed by atoms with Gasteiger partial charge in [0.1, 0.15) is 16.0 Å². The number of methoxy groups -OCH3 is 1. The van der Waals surface area contributed by atoms with Crippen molar-refractivity contribution in [1.29, 1.82) is 5.26 Å². The van der Waals surface area contributed by atoms with E-state index in [0.717, 1.165) is 27.4 Å². The number of fused-ring (bicyclic) bond motifs is 5. The summed E-state index contributed by atoms with van der Waals surface area (Å²) in [5, 5.41) is 11.6. The van der Waals surface area contributed by atoms with Gasteiger partial charge in [-0.1, -0.05) is 0 Å². The predicted molar refractivity (Wildman–Crippen MR) is 99.3 cm³/mol. The normalized spacial score (nSPS) is 23.2. The minimum absolute atomic E-state index is 0.386. The van der Waals surface area contributed by atoms with Gasteiger partial charge in [-0.2, -0.15) is 5.26 Å². The zero-order valence-corrected chi connectivity index (χ0v) is 15.3. The number of carbonyl (C=O) groups is 1. The minimum Gasteiger partial charge on any atom is -0.465 e. The summed E-state index contributed by atoms with van der Waals surface area (Å²) in [5.41, 5.74) is 3.95. The molecule has 6 heteroatoms. The molecular formula is C20H17N3O2S. The third kappa shape index (κ3) is 2.14. The number of esters is 1. The van der Waals surface area contributed by atoms with Gasteiger partial charge in [0.15, 0.2) is 0 Å². The second-order valence-electron chi connectivity index (χ2n) is 7.22. The standard InChI is InChI=1S/C20H17N3O2S/c1-10-3-11-6-15(11)16-7-12-4-13(5-14(8-21)18(12)23(10)16)19-22-9-17(26-19)20(24)25-2/h4-5,7,9-11,15H,3,6H2,1-2H3/t10-,11?,15?/m1/s1. The molecule has 26 heavy (non-hydrogen) atoms. The van der Waals surface area contributed by atoms with Gasteiger partial charge in [-0.25, -0.2) is 9.78 Å². The molecule has 1 aliphatic heterocycles. The van der Waals surface area contributed by atoms with E-state index in [1.807, 2.05) is 6.07 Å². The summed E-state index contributed by atoms with van der Waals surface area (Å²) in [4.78, 5) is 16.5. The Balaban J connectivity index is 1.69. The molecule has 1 aliphatic carbocycles. The average Bonchev–Trinajstić information content (AvgIpc) is 3.09. The molecule has 3 atom stereocenters. The number of nitriles is 1. The van der Waals surface area contributed by atoms with E-state index in [9.17, 15) is 10.1 Å². The molecule has 130 valence electrons. The van der Waals surface area contributed by atoms with Crippen LogP contribution in [-0.2, 0) is 4.74 Å². The predicted octanol–water partition coefficient (Wildman–Crippen LogP) is 4.49. The molecule has 0 amide bonds. The van der Waals surface area contributed by atoms with Crippen molar-refractivity contribution in [2.45, 2.75) is 31.7 Å². The van der Waals surface area contributed by atoms with Gasteiger partial charge in [0.2, 0.25) is 0 Å². The molecule has 0 bridgehead atoms. The molecule has 1 aromatic carbocycles. The van der Waals surface area contributed by atoms with Gasteiger partial charge >= 0.3 is 5.97 Å². The fourth-order valence-corrected chi connectivity index (χ4v) is 5.20. The summed E-state index contributed by atoms with van der Waals surface area (Å²) in [6.45, 7) is 2.25. The van der Waals surface area contributed by atoms with Crippen molar-refractivity contribution in [2.75, 3.05) is 7.11 Å². The second kappa shape index (κ2) is 5.42. The fourth-order valence-electron chi connectivity index (χ4n) is 4.38. The van der Waals surface area contributed by atoms with Crippen molar-refractivity contribution in [1.82, 2.24) is 9.55 Å². The average molecular weight is 363 g/mol. The van der Waals surface area contributed by atoms with E-state index >= 15 is 0 Å². The molecule has 1 fully saturated rings. The second-order valence-corrected chi connectivity index (χ2v) is 8.25. The Hall–Kier alpha value is -2.65. The van der Waals surface area contributed by atoms with Crippen LogP contribution >= 0.6 is 11.3 Å². The molecule has 0 radical (unpaired) electrons. The smallest absolute Gasteiger partial charge is 0.349 e. The van der Waals surface area contributed by atoms with Crippen molar-refractivity contribution >= 4 is 28.2 Å². The maximum absolute atomic E-state index is 11.7. The first-order valence-corrected chi connectivity index (χ1v) is 9.56. The molecule has 3 aromatic rings. The molecule has 2 aromatic heterocycles. The summed E-state index contributed by atoms with van der Waals surface area (Å²) in [6, 6.07) is 9.02. The van der Waals surface area contributed by atoms with Gasteiger partial charge in [0, 0.05) is 28.6 Å². The fraction of sp³-hybridized carbons (Fsp3) is 0.350. The zero-order valence-electron chi connectivity index (χ0n) is 14.5. The third-order valence-electron chi connectivity index (χ3n) is 5.61. The SMILES string of the molecule is COC(=O)c1cnc(-c2cc(C#N)c3c(c2)cc2n3[C@H](C)CC3CC23)s1. The number of ether oxygens (including phenoxy) is 1. The van der Waals surface area contributed by atoms with E-state index in [1.54, 1.807) is 0 Å². The summed E-state index contributed by atoms with van der Waals surface area (Å²) < 4.78 is 7.13. The Morgan fingerprint density at radius 1 is 1.38 bits per heavy atom. The van der Waals surface area contributed by atoms with Gasteiger partial charge in [0.05, 0.1) is 24.4 Å². The third-order valence-corrected chi connectivity index (χ3v) is 6.64. The van der Waals surface area contributed by atoms with Crippen LogP contribution in [0, 0.1) is 17.2 Å². The number of thiazole rings is 1. The quantitative estimate of drug-likeness (QED) is 0.629. The lowest BCUT2D eigenvalue weighted by Crippen LogP contribution is -2.14. The van der Waals surface area contributed by atoms with E-state index in [4.69, 9.17) is 4.74 Å². The number of rotatable bonds is 2. The first kappa shape index (κ1) is 15.6. The molecule has 5 rings (SSSR count). The first-order valence-electron chi connectivity index (χ1n) is 8.74. The van der Waals surface area contributed by atoms with Gasteiger partial charge in [-0.05, 0) is 43.9 Å². The molecule has 3 heterocycles. The Morgan fingerprint density at radius 3 is 3.00 bits per heavy atom. The van der Waals surface area contributed by atoms with Crippen LogP contribution in [0.2, 0.25) is 0 Å². The Morgan fingerprint density at radius 2 is 2.23 bits per heavy atom. The highest BCUT2D eigenvalue weighted by Crippen LogP contribution is 2.57. The lowest BCUT2D eigenvalue weighted by atomic mass is 10.0. The lowest BCUT2D eigenvalue weighted by molar-refractivity contribution is 0.0606. The van der Waals surface area contributed by atoms with Crippen LogP contribution in [0.25, 0.3) is 21.5 Å². The van der Waals surface area contributed by atoms with Gasteiger partial charge in [-0.3, -0.25) is 0 Å². The van der Waals surface area contributed by atoms with E-state index in [1.165, 1.54) is 43.2 Å². The highest BCUT2D eigenvalue weighted by molar-refractivity contribution is 7.16. The molecule has 0 saturated heterocycles. The first-order chi connectivity index (χ1) is 12.6. The summed E-state index contributed by atoms with van der Waals surface area (Å²) in [6.07, 6.45) is 4.00. The molecule has 0 N–H and O–H groups in total. The number of aromatic nitrogens is 2. The van der Waals surface area contributed by atoms with Gasteiger partial charge in [-0.15, -0.1) is 11.3 Å². The molecule has 5 nitrogen and oxygen atoms in total. The Kier molecular flexibility index (Phi) is 3.25. The van der Waals surface area contributed by atoms with Crippen molar-refractivity contribution in [2.24, 2.45) is 5.92 Å². The topological polar surface area (TPSA) is 67.9 Å². The number of nitrogens with zero attached hydrogens (tertiary/aromatic N) is 3. The van der Waals surface area contributed by atoms with E-state index in [0.29, 0.717) is 22.4 Å². The van der Waals surface area contributed by atoms with E-state index in [-0.39, 0.29) is 5.97 Å². The Labute approximate surface area is 154 Å². The lowest BCUT2D eigenvalue weighted by Gasteiger charge is -2.23. The van der Waals surface area contributed by atoms with E-state index in [2.05, 4.69) is 34.7 Å².